The monoisotopic (exact) mass is 373 g/mol. The Kier molecular flexibility index (Phi) is 4.55. The Bertz CT molecular complexity index is 1130. The highest BCUT2D eigenvalue weighted by atomic mass is 16.5. The van der Waals surface area contributed by atoms with Crippen LogP contribution in [0.1, 0.15) is 35.3 Å². The van der Waals surface area contributed by atoms with Gasteiger partial charge in [0.2, 0.25) is 5.78 Å². The molecule has 28 heavy (non-hydrogen) atoms. The Balaban J connectivity index is 1.72. The number of Topliss-reactive ketones (excluding diaryl/α,β-unsaturated/α-hetero) is 1. The Hall–Kier alpha value is -3.27. The number of carbonyl (C=O) groups excluding carboxylic acids is 1. The van der Waals surface area contributed by atoms with E-state index in [-0.39, 0.29) is 5.78 Å². The third-order valence-corrected chi connectivity index (χ3v) is 4.96. The van der Waals surface area contributed by atoms with Gasteiger partial charge in [0.05, 0.1) is 5.56 Å². The van der Waals surface area contributed by atoms with Crippen molar-refractivity contribution in [2.75, 3.05) is 6.61 Å². The molecule has 2 heterocycles. The minimum absolute atomic E-state index is 0.0992. The van der Waals surface area contributed by atoms with Gasteiger partial charge in [-0.2, -0.15) is 0 Å². The predicted octanol–water partition coefficient (Wildman–Crippen LogP) is 5.54. The topological polar surface area (TPSA) is 40.5 Å². The zero-order chi connectivity index (χ0) is 19.8. The van der Waals surface area contributed by atoms with Crippen molar-refractivity contribution in [1.29, 1.82) is 0 Å². The highest BCUT2D eigenvalue weighted by Gasteiger charge is 2.30. The van der Waals surface area contributed by atoms with E-state index in [1.54, 1.807) is 6.07 Å². The van der Waals surface area contributed by atoms with Crippen molar-refractivity contribution in [2.45, 2.75) is 27.3 Å². The number of carbonyl (C=O) groups is 1. The van der Waals surface area contributed by atoms with E-state index in [0.717, 1.165) is 34.1 Å². The number of aromatic nitrogens is 1. The number of aryl methyl sites for hydroxylation is 1. The van der Waals surface area contributed by atoms with Gasteiger partial charge in [-0.3, -0.25) is 4.79 Å². The van der Waals surface area contributed by atoms with Crippen molar-refractivity contribution < 1.29 is 14.3 Å². The van der Waals surface area contributed by atoms with Crippen LogP contribution in [-0.2, 0) is 6.54 Å². The van der Waals surface area contributed by atoms with Gasteiger partial charge in [0, 0.05) is 34.8 Å². The van der Waals surface area contributed by atoms with E-state index in [1.807, 2.05) is 38.1 Å². The number of nitrogens with zero attached hydrogens (tertiary/aromatic N) is 1. The summed E-state index contributed by atoms with van der Waals surface area (Å²) in [5.41, 5.74) is 4.46. The van der Waals surface area contributed by atoms with E-state index in [4.69, 9.17) is 9.47 Å². The molecule has 0 spiro atoms. The molecule has 3 aromatic rings. The Morgan fingerprint density at radius 2 is 2.04 bits per heavy atom. The van der Waals surface area contributed by atoms with Crippen LogP contribution in [0.4, 0.5) is 0 Å². The van der Waals surface area contributed by atoms with Crippen molar-refractivity contribution >= 4 is 22.8 Å². The predicted molar refractivity (Wildman–Crippen MR) is 112 cm³/mol. The normalized spacial score (nSPS) is 14.4. The molecular formula is C24H23NO3. The molecule has 1 aliphatic rings. The zero-order valence-corrected chi connectivity index (χ0v) is 16.4. The van der Waals surface area contributed by atoms with Gasteiger partial charge < -0.3 is 14.0 Å². The molecular weight excluding hydrogens is 350 g/mol. The second-order valence-corrected chi connectivity index (χ2v) is 7.14. The number of rotatable bonds is 5. The molecule has 0 unspecified atom stereocenters. The van der Waals surface area contributed by atoms with Crippen LogP contribution in [0.25, 0.3) is 17.0 Å². The van der Waals surface area contributed by atoms with Crippen molar-refractivity contribution in [1.82, 2.24) is 4.57 Å². The largest absolute Gasteiger partial charge is 0.489 e. The van der Waals surface area contributed by atoms with Crippen molar-refractivity contribution in [3.8, 4) is 11.5 Å². The van der Waals surface area contributed by atoms with Crippen LogP contribution in [0.15, 0.2) is 60.5 Å². The second-order valence-electron chi connectivity index (χ2n) is 7.14. The second kappa shape index (κ2) is 7.04. The van der Waals surface area contributed by atoms with Crippen LogP contribution < -0.4 is 9.47 Å². The third kappa shape index (κ3) is 3.01. The molecule has 4 nitrogen and oxygen atoms in total. The van der Waals surface area contributed by atoms with Crippen LogP contribution in [0.2, 0.25) is 0 Å². The fourth-order valence-corrected chi connectivity index (χ4v) is 3.52. The van der Waals surface area contributed by atoms with E-state index in [1.165, 1.54) is 0 Å². The molecule has 0 aliphatic carbocycles. The SMILES string of the molecule is C=C(C)COc1ccc2c(c1C)O/C(=C\c1cn(CC)c3ccccc13)C2=O. The molecule has 142 valence electrons. The Labute approximate surface area is 164 Å². The van der Waals surface area contributed by atoms with E-state index >= 15 is 0 Å². The van der Waals surface area contributed by atoms with Gasteiger partial charge in [-0.15, -0.1) is 0 Å². The summed E-state index contributed by atoms with van der Waals surface area (Å²) in [6.45, 7) is 11.1. The Morgan fingerprint density at radius 3 is 2.79 bits per heavy atom. The van der Waals surface area contributed by atoms with E-state index < -0.39 is 0 Å². The van der Waals surface area contributed by atoms with Gasteiger partial charge in [0.25, 0.3) is 0 Å². The standard InChI is InChI=1S/C24H23NO3/c1-5-25-13-17(18-8-6-7-9-20(18)25)12-22-23(26)19-10-11-21(27-14-15(2)3)16(4)24(19)28-22/h6-13H,2,5,14H2,1,3-4H3/b22-12-. The Morgan fingerprint density at radius 1 is 1.25 bits per heavy atom. The summed E-state index contributed by atoms with van der Waals surface area (Å²) in [6, 6.07) is 11.8. The lowest BCUT2D eigenvalue weighted by Gasteiger charge is -2.11. The molecule has 0 saturated carbocycles. The van der Waals surface area contributed by atoms with E-state index in [0.29, 0.717) is 29.4 Å². The highest BCUT2D eigenvalue weighted by Crippen LogP contribution is 2.39. The van der Waals surface area contributed by atoms with Gasteiger partial charge in [-0.25, -0.2) is 0 Å². The number of benzene rings is 2. The van der Waals surface area contributed by atoms with Crippen molar-refractivity contribution in [2.24, 2.45) is 0 Å². The maximum absolute atomic E-state index is 12.9. The lowest BCUT2D eigenvalue weighted by atomic mass is 10.1. The molecule has 1 aliphatic heterocycles. The first-order valence-electron chi connectivity index (χ1n) is 9.42. The molecule has 4 rings (SSSR count). The number of hydrogen-bond donors (Lipinski definition) is 0. The molecule has 4 heteroatoms. The quantitative estimate of drug-likeness (QED) is 0.435. The first-order valence-corrected chi connectivity index (χ1v) is 9.42. The third-order valence-electron chi connectivity index (χ3n) is 4.96. The molecule has 1 aromatic heterocycles. The van der Waals surface area contributed by atoms with Crippen LogP contribution in [-0.4, -0.2) is 17.0 Å². The minimum Gasteiger partial charge on any atom is -0.489 e. The molecule has 0 atom stereocenters. The summed E-state index contributed by atoms with van der Waals surface area (Å²) >= 11 is 0. The fourth-order valence-electron chi connectivity index (χ4n) is 3.52. The van der Waals surface area contributed by atoms with Gasteiger partial charge in [-0.1, -0.05) is 24.8 Å². The average Bonchev–Trinajstić information content (AvgIpc) is 3.20. The number of para-hydroxylation sites is 1. The first-order chi connectivity index (χ1) is 13.5. The summed E-state index contributed by atoms with van der Waals surface area (Å²) in [6.07, 6.45) is 3.90. The maximum Gasteiger partial charge on any atom is 0.231 e. The van der Waals surface area contributed by atoms with Gasteiger partial charge >= 0.3 is 0 Å². The summed E-state index contributed by atoms with van der Waals surface area (Å²) in [5.74, 6) is 1.53. The molecule has 2 aromatic carbocycles. The van der Waals surface area contributed by atoms with Crippen molar-refractivity contribution in [3.63, 3.8) is 0 Å². The van der Waals surface area contributed by atoms with Crippen LogP contribution in [0.3, 0.4) is 0 Å². The zero-order valence-electron chi connectivity index (χ0n) is 16.4. The summed E-state index contributed by atoms with van der Waals surface area (Å²) in [7, 11) is 0. The van der Waals surface area contributed by atoms with Crippen LogP contribution in [0.5, 0.6) is 11.5 Å². The lowest BCUT2D eigenvalue weighted by Crippen LogP contribution is -2.00. The molecule has 0 N–H and O–H groups in total. The number of allylic oxidation sites excluding steroid dienone is 1. The molecule has 0 amide bonds. The fraction of sp³-hybridized carbons (Fsp3) is 0.208. The van der Waals surface area contributed by atoms with Crippen LogP contribution >= 0.6 is 0 Å². The summed E-state index contributed by atoms with van der Waals surface area (Å²) in [4.78, 5) is 12.9. The highest BCUT2D eigenvalue weighted by molar-refractivity contribution is 6.15. The van der Waals surface area contributed by atoms with E-state index in [9.17, 15) is 4.79 Å². The van der Waals surface area contributed by atoms with Gasteiger partial charge in [-0.05, 0) is 50.6 Å². The molecule has 0 saturated heterocycles. The number of hydrogen-bond acceptors (Lipinski definition) is 3. The smallest absolute Gasteiger partial charge is 0.231 e. The summed E-state index contributed by atoms with van der Waals surface area (Å²) < 4.78 is 13.9. The maximum atomic E-state index is 12.9. The number of fused-ring (bicyclic) bond motifs is 2. The van der Waals surface area contributed by atoms with E-state index in [2.05, 4.69) is 36.4 Å². The summed E-state index contributed by atoms with van der Waals surface area (Å²) in [5, 5.41) is 1.10. The van der Waals surface area contributed by atoms with Gasteiger partial charge in [0.15, 0.2) is 5.76 Å². The molecule has 0 bridgehead atoms. The number of ketones is 1. The minimum atomic E-state index is -0.0992. The molecule has 0 fully saturated rings. The average molecular weight is 373 g/mol. The van der Waals surface area contributed by atoms with Gasteiger partial charge in [0.1, 0.15) is 18.1 Å². The van der Waals surface area contributed by atoms with Crippen LogP contribution in [0, 0.1) is 6.92 Å². The van der Waals surface area contributed by atoms with Crippen molar-refractivity contribution in [3.05, 3.63) is 77.2 Å². The number of ether oxygens (including phenoxy) is 2. The molecule has 0 radical (unpaired) electrons. The first kappa shape index (κ1) is 18.1. The lowest BCUT2D eigenvalue weighted by molar-refractivity contribution is 0.101.